The molecule has 0 bridgehead atoms. The third kappa shape index (κ3) is 4.36. The molecule has 1 heterocycles. The van der Waals surface area contributed by atoms with Gasteiger partial charge in [0.15, 0.2) is 0 Å². The minimum Gasteiger partial charge on any atom is -0.497 e. The van der Waals surface area contributed by atoms with Gasteiger partial charge in [0, 0.05) is 17.1 Å². The number of hydrogen-bond donors (Lipinski definition) is 0. The smallest absolute Gasteiger partial charge is 0.119 e. The lowest BCUT2D eigenvalue weighted by atomic mass is 9.92. The van der Waals surface area contributed by atoms with E-state index >= 15 is 0 Å². The molecule has 0 saturated carbocycles. The van der Waals surface area contributed by atoms with Gasteiger partial charge in [0.25, 0.3) is 0 Å². The summed E-state index contributed by atoms with van der Waals surface area (Å²) >= 11 is 0. The third-order valence-electron chi connectivity index (χ3n) is 5.80. The number of nitrogens with zero attached hydrogens (tertiary/aromatic N) is 2. The Kier molecular flexibility index (Phi) is 7.08. The van der Waals surface area contributed by atoms with Gasteiger partial charge in [-0.05, 0) is 73.4 Å². The van der Waals surface area contributed by atoms with Gasteiger partial charge in [-0.15, -0.1) is 0 Å². The highest BCUT2D eigenvalue weighted by Gasteiger charge is 2.32. The molecule has 2 aromatic carbocycles. The summed E-state index contributed by atoms with van der Waals surface area (Å²) in [5.41, 5.74) is 5.48. The molecule has 0 N–H and O–H groups in total. The molecule has 4 heteroatoms. The molecule has 1 unspecified atom stereocenters. The first-order valence-corrected chi connectivity index (χ1v) is 10.7. The minimum absolute atomic E-state index is 0.424. The Morgan fingerprint density at radius 2 is 1.38 bits per heavy atom. The van der Waals surface area contributed by atoms with Crippen LogP contribution < -0.4 is 19.3 Å². The molecular formula is C25H34N2O2. The molecule has 1 aliphatic rings. The van der Waals surface area contributed by atoms with Gasteiger partial charge in [-0.1, -0.05) is 27.2 Å². The van der Waals surface area contributed by atoms with Crippen LogP contribution >= 0.6 is 0 Å². The van der Waals surface area contributed by atoms with Gasteiger partial charge in [-0.2, -0.15) is 0 Å². The number of ether oxygens (including phenoxy) is 2. The molecule has 2 aromatic rings. The fourth-order valence-corrected chi connectivity index (χ4v) is 4.39. The summed E-state index contributed by atoms with van der Waals surface area (Å²) in [4.78, 5) is 5.01. The Balaban J connectivity index is 2.06. The SMILES string of the molecule is CCCC1=C(CC)N(c2ccc(OC)cc2)CN(c2ccc(OC)cc2)C1CC. The van der Waals surface area contributed by atoms with Crippen molar-refractivity contribution < 1.29 is 9.47 Å². The first-order chi connectivity index (χ1) is 14.2. The Morgan fingerprint density at radius 1 is 0.828 bits per heavy atom. The van der Waals surface area contributed by atoms with Crippen LogP contribution in [0.5, 0.6) is 11.5 Å². The maximum atomic E-state index is 5.37. The van der Waals surface area contributed by atoms with Crippen molar-refractivity contribution >= 4 is 11.4 Å². The van der Waals surface area contributed by atoms with Crippen LogP contribution in [0.2, 0.25) is 0 Å². The van der Waals surface area contributed by atoms with Gasteiger partial charge in [0.1, 0.15) is 11.5 Å². The van der Waals surface area contributed by atoms with E-state index in [9.17, 15) is 0 Å². The quantitative estimate of drug-likeness (QED) is 0.530. The summed E-state index contributed by atoms with van der Waals surface area (Å²) in [6, 6.07) is 17.3. The zero-order valence-corrected chi connectivity index (χ0v) is 18.4. The van der Waals surface area contributed by atoms with Crippen LogP contribution in [0.25, 0.3) is 0 Å². The van der Waals surface area contributed by atoms with Crippen molar-refractivity contribution in [1.29, 1.82) is 0 Å². The van der Waals surface area contributed by atoms with Gasteiger partial charge in [-0.3, -0.25) is 0 Å². The maximum Gasteiger partial charge on any atom is 0.119 e. The molecule has 29 heavy (non-hydrogen) atoms. The molecular weight excluding hydrogens is 360 g/mol. The van der Waals surface area contributed by atoms with E-state index in [1.54, 1.807) is 19.8 Å². The number of methoxy groups -OCH3 is 2. The number of anilines is 2. The van der Waals surface area contributed by atoms with Crippen molar-refractivity contribution in [2.24, 2.45) is 0 Å². The van der Waals surface area contributed by atoms with Gasteiger partial charge in [0.2, 0.25) is 0 Å². The molecule has 156 valence electrons. The van der Waals surface area contributed by atoms with E-state index in [2.05, 4.69) is 67.0 Å². The zero-order chi connectivity index (χ0) is 20.8. The van der Waals surface area contributed by atoms with Crippen molar-refractivity contribution in [1.82, 2.24) is 0 Å². The lowest BCUT2D eigenvalue weighted by molar-refractivity contribution is 0.414. The summed E-state index contributed by atoms with van der Waals surface area (Å²) in [7, 11) is 3.43. The van der Waals surface area contributed by atoms with Crippen LogP contribution in [0, 0.1) is 0 Å². The Hall–Kier alpha value is -2.62. The van der Waals surface area contributed by atoms with Crippen LogP contribution in [0.15, 0.2) is 59.8 Å². The highest BCUT2D eigenvalue weighted by atomic mass is 16.5. The number of benzene rings is 2. The minimum atomic E-state index is 0.424. The molecule has 0 aromatic heterocycles. The second-order valence-corrected chi connectivity index (χ2v) is 7.43. The fourth-order valence-electron chi connectivity index (χ4n) is 4.39. The van der Waals surface area contributed by atoms with Crippen LogP contribution in [-0.2, 0) is 0 Å². The van der Waals surface area contributed by atoms with Crippen LogP contribution in [0.4, 0.5) is 11.4 Å². The van der Waals surface area contributed by atoms with Crippen molar-refractivity contribution in [2.75, 3.05) is 30.7 Å². The van der Waals surface area contributed by atoms with Crippen LogP contribution in [0.1, 0.15) is 46.5 Å². The zero-order valence-electron chi connectivity index (χ0n) is 18.4. The van der Waals surface area contributed by atoms with E-state index in [1.807, 2.05) is 12.1 Å². The van der Waals surface area contributed by atoms with Crippen LogP contribution in [-0.4, -0.2) is 26.9 Å². The van der Waals surface area contributed by atoms with E-state index in [0.29, 0.717) is 6.04 Å². The van der Waals surface area contributed by atoms with E-state index < -0.39 is 0 Å². The van der Waals surface area contributed by atoms with Crippen molar-refractivity contribution in [2.45, 2.75) is 52.5 Å². The predicted molar refractivity (Wildman–Crippen MR) is 122 cm³/mol. The molecule has 3 rings (SSSR count). The van der Waals surface area contributed by atoms with Crippen LogP contribution in [0.3, 0.4) is 0 Å². The predicted octanol–water partition coefficient (Wildman–Crippen LogP) is 6.23. The van der Waals surface area contributed by atoms with Crippen molar-refractivity contribution in [3.63, 3.8) is 0 Å². The molecule has 4 nitrogen and oxygen atoms in total. The lowest BCUT2D eigenvalue weighted by Gasteiger charge is -2.46. The molecule has 1 aliphatic heterocycles. The third-order valence-corrected chi connectivity index (χ3v) is 5.80. The molecule has 0 aliphatic carbocycles. The number of allylic oxidation sites excluding steroid dienone is 1. The Labute approximate surface area is 175 Å². The van der Waals surface area contributed by atoms with E-state index in [0.717, 1.165) is 43.9 Å². The molecule has 0 saturated heterocycles. The van der Waals surface area contributed by atoms with E-state index in [1.165, 1.54) is 17.1 Å². The maximum absolute atomic E-state index is 5.37. The molecule has 1 atom stereocenters. The number of hydrogen-bond acceptors (Lipinski definition) is 4. The first kappa shape index (κ1) is 21.1. The van der Waals surface area contributed by atoms with Crippen molar-refractivity contribution in [3.05, 3.63) is 59.8 Å². The van der Waals surface area contributed by atoms with Gasteiger partial charge in [-0.25, -0.2) is 0 Å². The molecule has 0 radical (unpaired) electrons. The molecule has 0 fully saturated rings. The summed E-state index contributed by atoms with van der Waals surface area (Å²) in [6.45, 7) is 7.69. The topological polar surface area (TPSA) is 24.9 Å². The van der Waals surface area contributed by atoms with Gasteiger partial charge in [0.05, 0.1) is 26.9 Å². The summed E-state index contributed by atoms with van der Waals surface area (Å²) in [5, 5.41) is 0. The molecule has 0 amide bonds. The summed E-state index contributed by atoms with van der Waals surface area (Å²) < 4.78 is 10.7. The average Bonchev–Trinajstić information content (AvgIpc) is 2.78. The first-order valence-electron chi connectivity index (χ1n) is 10.7. The monoisotopic (exact) mass is 394 g/mol. The number of rotatable bonds is 8. The van der Waals surface area contributed by atoms with E-state index in [-0.39, 0.29) is 0 Å². The lowest BCUT2D eigenvalue weighted by Crippen LogP contribution is -2.50. The fraction of sp³-hybridized carbons (Fsp3) is 0.440. The second-order valence-electron chi connectivity index (χ2n) is 7.43. The van der Waals surface area contributed by atoms with Gasteiger partial charge >= 0.3 is 0 Å². The normalized spacial score (nSPS) is 16.9. The average molecular weight is 395 g/mol. The summed E-state index contributed by atoms with van der Waals surface area (Å²) in [6.07, 6.45) is 4.42. The largest absolute Gasteiger partial charge is 0.497 e. The van der Waals surface area contributed by atoms with E-state index in [4.69, 9.17) is 9.47 Å². The molecule has 0 spiro atoms. The summed E-state index contributed by atoms with van der Waals surface area (Å²) in [5.74, 6) is 1.78. The Bertz CT molecular complexity index is 812. The van der Waals surface area contributed by atoms with Crippen molar-refractivity contribution in [3.8, 4) is 11.5 Å². The van der Waals surface area contributed by atoms with Gasteiger partial charge < -0.3 is 19.3 Å². The highest BCUT2D eigenvalue weighted by Crippen LogP contribution is 2.38. The standard InChI is InChI=1S/C25H34N2O2/c1-6-9-23-24(7-2)26(19-10-14-21(28-4)15-11-19)18-27(25(23)8-3)20-12-16-22(29-5)17-13-20/h10-17,24H,6-9,18H2,1-5H3. The highest BCUT2D eigenvalue weighted by molar-refractivity contribution is 5.62. The second kappa shape index (κ2) is 9.73. The Morgan fingerprint density at radius 3 is 1.83 bits per heavy atom.